The van der Waals surface area contributed by atoms with Crippen molar-refractivity contribution in [3.8, 4) is 0 Å². The Labute approximate surface area is 175 Å². The minimum atomic E-state index is -0.744. The molecule has 3 nitrogen and oxygen atoms in total. The number of rotatable bonds is 6. The van der Waals surface area contributed by atoms with Crippen molar-refractivity contribution in [3.63, 3.8) is 0 Å². The Morgan fingerprint density at radius 1 is 1.10 bits per heavy atom. The predicted octanol–water partition coefficient (Wildman–Crippen LogP) is 5.92. The summed E-state index contributed by atoms with van der Waals surface area (Å²) in [6, 6.07) is 9.38. The molecule has 3 aliphatic rings. The molecule has 29 heavy (non-hydrogen) atoms. The highest BCUT2D eigenvalue weighted by Crippen LogP contribution is 2.58. The fraction of sp³-hybridized carbons (Fsp3) is 0.615. The molecule has 1 aromatic heterocycles. The fourth-order valence-electron chi connectivity index (χ4n) is 6.83. The van der Waals surface area contributed by atoms with E-state index in [0.717, 1.165) is 38.5 Å². The van der Waals surface area contributed by atoms with Gasteiger partial charge in [0.1, 0.15) is 5.60 Å². The van der Waals surface area contributed by atoms with Crippen molar-refractivity contribution in [2.45, 2.75) is 83.8 Å². The summed E-state index contributed by atoms with van der Waals surface area (Å²) in [5.74, 6) is 0. The van der Waals surface area contributed by atoms with Crippen LogP contribution in [0.15, 0.2) is 30.3 Å². The molecule has 0 amide bonds. The van der Waals surface area contributed by atoms with Gasteiger partial charge in [0.25, 0.3) is 0 Å². The average Bonchev–Trinajstić information content (AvgIpc) is 3.08. The summed E-state index contributed by atoms with van der Waals surface area (Å²) in [5, 5.41) is 13.4. The number of para-hydroxylation sites is 1. The zero-order valence-electron chi connectivity index (χ0n) is 18.4. The molecule has 4 heterocycles. The molecule has 5 rings (SSSR count). The Balaban J connectivity index is 1.84. The smallest absolute Gasteiger partial charge is 0.105 e. The number of aliphatic hydroxyl groups is 1. The maximum atomic E-state index is 12.0. The largest absolute Gasteiger partial charge is 0.384 e. The third-order valence-electron chi connectivity index (χ3n) is 8.05. The normalized spacial score (nSPS) is 26.5. The van der Waals surface area contributed by atoms with Gasteiger partial charge in [-0.05, 0) is 56.7 Å². The van der Waals surface area contributed by atoms with Crippen molar-refractivity contribution in [2.24, 2.45) is 5.41 Å². The number of piperidine rings is 1. The second-order valence-electron chi connectivity index (χ2n) is 9.66. The zero-order chi connectivity index (χ0) is 20.2. The molecule has 0 spiro atoms. The van der Waals surface area contributed by atoms with Crippen molar-refractivity contribution < 1.29 is 5.11 Å². The highest BCUT2D eigenvalue weighted by molar-refractivity contribution is 5.90. The Bertz CT molecular complexity index is 949. The van der Waals surface area contributed by atoms with Crippen LogP contribution >= 0.6 is 0 Å². The average molecular weight is 393 g/mol. The highest BCUT2D eigenvalue weighted by Gasteiger charge is 2.52. The van der Waals surface area contributed by atoms with Gasteiger partial charge < -0.3 is 9.67 Å². The first-order chi connectivity index (χ1) is 14.1. The van der Waals surface area contributed by atoms with E-state index in [9.17, 15) is 5.11 Å². The van der Waals surface area contributed by atoms with Crippen molar-refractivity contribution in [1.82, 2.24) is 9.47 Å². The van der Waals surface area contributed by atoms with E-state index in [-0.39, 0.29) is 5.41 Å². The van der Waals surface area contributed by atoms with Crippen LogP contribution in [0.4, 0.5) is 0 Å². The van der Waals surface area contributed by atoms with Crippen molar-refractivity contribution in [2.75, 3.05) is 13.1 Å². The van der Waals surface area contributed by atoms with Crippen LogP contribution in [-0.2, 0) is 6.42 Å². The Morgan fingerprint density at radius 2 is 1.86 bits per heavy atom. The van der Waals surface area contributed by atoms with Gasteiger partial charge in [-0.15, -0.1) is 0 Å². The third kappa shape index (κ3) is 2.63. The van der Waals surface area contributed by atoms with Crippen molar-refractivity contribution in [3.05, 3.63) is 41.6 Å². The van der Waals surface area contributed by atoms with E-state index in [0.29, 0.717) is 6.04 Å². The van der Waals surface area contributed by atoms with Crippen LogP contribution in [-0.4, -0.2) is 33.3 Å². The minimum Gasteiger partial charge on any atom is -0.384 e. The van der Waals surface area contributed by atoms with Gasteiger partial charge in [-0.25, -0.2) is 0 Å². The number of nitrogens with zero attached hydrogens (tertiary/aromatic N) is 2. The first-order valence-electron chi connectivity index (χ1n) is 11.9. The molecule has 1 fully saturated rings. The van der Waals surface area contributed by atoms with E-state index in [2.05, 4.69) is 60.6 Å². The summed E-state index contributed by atoms with van der Waals surface area (Å²) >= 11 is 0. The molecule has 0 radical (unpaired) electrons. The SMILES string of the molecule is CCCC(O)(CCC)C1=C[C@]2(CC)CCCN3CCc4c(n1c1ccccc41)[C@@H]32. The van der Waals surface area contributed by atoms with Crippen LogP contribution in [0.3, 0.4) is 0 Å². The summed E-state index contributed by atoms with van der Waals surface area (Å²) < 4.78 is 2.51. The number of fused-ring (bicyclic) bond motifs is 3. The van der Waals surface area contributed by atoms with E-state index in [1.54, 1.807) is 5.56 Å². The van der Waals surface area contributed by atoms with Gasteiger partial charge in [-0.2, -0.15) is 0 Å². The fourth-order valence-corrected chi connectivity index (χ4v) is 6.83. The van der Waals surface area contributed by atoms with Crippen LogP contribution in [0, 0.1) is 5.41 Å². The molecule has 1 saturated heterocycles. The monoisotopic (exact) mass is 392 g/mol. The van der Waals surface area contributed by atoms with Gasteiger partial charge in [0.2, 0.25) is 0 Å². The maximum absolute atomic E-state index is 12.0. The van der Waals surface area contributed by atoms with Crippen LogP contribution in [0.1, 0.15) is 83.0 Å². The van der Waals surface area contributed by atoms with Crippen molar-refractivity contribution >= 4 is 16.6 Å². The quantitative estimate of drug-likeness (QED) is 0.661. The van der Waals surface area contributed by atoms with E-state index in [4.69, 9.17) is 0 Å². The second-order valence-corrected chi connectivity index (χ2v) is 9.66. The third-order valence-corrected chi connectivity index (χ3v) is 8.05. The molecule has 3 heteroatoms. The number of hydrogen-bond donors (Lipinski definition) is 1. The lowest BCUT2D eigenvalue weighted by Gasteiger charge is -2.55. The second kappa shape index (κ2) is 6.99. The standard InChI is InChI=1S/C26H36N2O/c1-4-13-26(29,14-5-2)22-18-25(6-3)15-9-16-27-17-12-20-19-10-7-8-11-21(19)28(22)23(20)24(25)27/h7-8,10-11,18,24,29H,4-6,9,12-17H2,1-3H3/t24-,25+/m1/s1. The lowest BCUT2D eigenvalue weighted by atomic mass is 9.65. The lowest BCUT2D eigenvalue weighted by molar-refractivity contribution is 0.0190. The Kier molecular flexibility index (Phi) is 4.67. The molecular formula is C26H36N2O. The Hall–Kier alpha value is -1.58. The summed E-state index contributed by atoms with van der Waals surface area (Å²) in [6.45, 7) is 9.15. The molecule has 0 bridgehead atoms. The maximum Gasteiger partial charge on any atom is 0.105 e. The number of aromatic nitrogens is 1. The van der Waals surface area contributed by atoms with Gasteiger partial charge in [0, 0.05) is 23.0 Å². The lowest BCUT2D eigenvalue weighted by Crippen LogP contribution is -2.52. The minimum absolute atomic E-state index is 0.155. The van der Waals surface area contributed by atoms with Crippen LogP contribution < -0.4 is 0 Å². The van der Waals surface area contributed by atoms with Gasteiger partial charge in [0.05, 0.1) is 17.3 Å². The topological polar surface area (TPSA) is 28.4 Å². The summed E-state index contributed by atoms with van der Waals surface area (Å²) in [4.78, 5) is 2.75. The highest BCUT2D eigenvalue weighted by atomic mass is 16.3. The van der Waals surface area contributed by atoms with Gasteiger partial charge in [-0.3, -0.25) is 4.90 Å². The zero-order valence-corrected chi connectivity index (χ0v) is 18.4. The van der Waals surface area contributed by atoms with Crippen LogP contribution in [0.5, 0.6) is 0 Å². The molecule has 0 aliphatic carbocycles. The van der Waals surface area contributed by atoms with Gasteiger partial charge in [-0.1, -0.05) is 57.9 Å². The molecule has 1 N–H and O–H groups in total. The summed E-state index contributed by atoms with van der Waals surface area (Å²) in [7, 11) is 0. The van der Waals surface area contributed by atoms with E-state index >= 15 is 0 Å². The van der Waals surface area contributed by atoms with E-state index in [1.165, 1.54) is 48.2 Å². The molecule has 156 valence electrons. The van der Waals surface area contributed by atoms with Crippen molar-refractivity contribution in [1.29, 1.82) is 0 Å². The Morgan fingerprint density at radius 3 is 2.59 bits per heavy atom. The molecular weight excluding hydrogens is 356 g/mol. The predicted molar refractivity (Wildman–Crippen MR) is 121 cm³/mol. The molecule has 2 aromatic rings. The number of benzene rings is 1. The summed E-state index contributed by atoms with van der Waals surface area (Å²) in [5.41, 5.74) is 4.94. The molecule has 0 unspecified atom stereocenters. The van der Waals surface area contributed by atoms with Crippen LogP contribution in [0.25, 0.3) is 16.6 Å². The first-order valence-corrected chi connectivity index (χ1v) is 11.9. The van der Waals surface area contributed by atoms with E-state index in [1.807, 2.05) is 0 Å². The van der Waals surface area contributed by atoms with Crippen LogP contribution in [0.2, 0.25) is 0 Å². The number of hydrogen-bond acceptors (Lipinski definition) is 2. The van der Waals surface area contributed by atoms with E-state index < -0.39 is 5.60 Å². The summed E-state index contributed by atoms with van der Waals surface area (Å²) in [6.07, 6.45) is 11.0. The molecule has 2 atom stereocenters. The van der Waals surface area contributed by atoms with Gasteiger partial charge >= 0.3 is 0 Å². The van der Waals surface area contributed by atoms with Gasteiger partial charge in [0.15, 0.2) is 0 Å². The molecule has 0 saturated carbocycles. The molecule has 3 aliphatic heterocycles. The molecule has 1 aromatic carbocycles. The first kappa shape index (κ1) is 19.4.